The lowest BCUT2D eigenvalue weighted by molar-refractivity contribution is -0.149. The lowest BCUT2D eigenvalue weighted by Gasteiger charge is -2.34. The van der Waals surface area contributed by atoms with Crippen molar-refractivity contribution in [1.29, 1.82) is 0 Å². The number of aryl methyl sites for hydroxylation is 1. The molecule has 0 saturated carbocycles. The summed E-state index contributed by atoms with van der Waals surface area (Å²) in [5.74, 6) is -0.317. The van der Waals surface area contributed by atoms with E-state index in [1.165, 1.54) is 6.07 Å². The van der Waals surface area contributed by atoms with Gasteiger partial charge in [0, 0.05) is 0 Å². The molecule has 0 spiro atoms. The summed E-state index contributed by atoms with van der Waals surface area (Å²) in [6.45, 7) is 1.96. The Morgan fingerprint density at radius 1 is 1.58 bits per heavy atom. The van der Waals surface area contributed by atoms with Crippen molar-refractivity contribution in [2.75, 3.05) is 13.6 Å². The van der Waals surface area contributed by atoms with E-state index in [0.29, 0.717) is 12.0 Å². The highest BCUT2D eigenvalue weighted by Gasteiger charge is 2.37. The molecule has 1 aliphatic carbocycles. The predicted molar refractivity (Wildman–Crippen MR) is 71.1 cm³/mol. The molecule has 4 nitrogen and oxygen atoms in total. The van der Waals surface area contributed by atoms with Crippen LogP contribution in [0.15, 0.2) is 18.2 Å². The summed E-state index contributed by atoms with van der Waals surface area (Å²) in [5, 5.41) is 10.8. The first-order valence-corrected chi connectivity index (χ1v) is 6.44. The number of carbonyl (C=O) groups is 1. The first-order valence-electron chi connectivity index (χ1n) is 7.94. The van der Waals surface area contributed by atoms with Crippen LogP contribution in [0, 0.1) is 0 Å². The molecule has 19 heavy (non-hydrogen) atoms. The third kappa shape index (κ3) is 2.89. The number of rotatable bonds is 4. The zero-order valence-electron chi connectivity index (χ0n) is 13.9. The largest absolute Gasteiger partial charge is 0.497 e. The molecule has 0 amide bonds. The van der Waals surface area contributed by atoms with Crippen molar-refractivity contribution in [3.63, 3.8) is 0 Å². The summed E-state index contributed by atoms with van der Waals surface area (Å²) >= 11 is 0. The van der Waals surface area contributed by atoms with E-state index in [4.69, 9.17) is 13.6 Å². The Morgan fingerprint density at radius 2 is 2.42 bits per heavy atom. The number of hydrogen-bond donors (Lipinski definition) is 1. The van der Waals surface area contributed by atoms with E-state index < -0.39 is 18.6 Å². The van der Waals surface area contributed by atoms with Crippen molar-refractivity contribution in [2.24, 2.45) is 0 Å². The molecule has 0 fully saturated rings. The van der Waals surface area contributed by atoms with E-state index in [-0.39, 0.29) is 18.8 Å². The monoisotopic (exact) mass is 267 g/mol. The molecule has 1 atom stereocenters. The van der Waals surface area contributed by atoms with Crippen molar-refractivity contribution in [3.8, 4) is 5.75 Å². The van der Waals surface area contributed by atoms with Crippen LogP contribution in [-0.4, -0.2) is 24.7 Å². The second-order valence-electron chi connectivity index (χ2n) is 4.79. The number of carbonyl (C=O) groups excluding carboxylic acids is 1. The fourth-order valence-electron chi connectivity index (χ4n) is 2.61. The van der Waals surface area contributed by atoms with Crippen molar-refractivity contribution in [3.05, 3.63) is 29.3 Å². The van der Waals surface area contributed by atoms with E-state index in [2.05, 4.69) is 0 Å². The quantitative estimate of drug-likeness (QED) is 0.849. The molecule has 4 heteroatoms. The lowest BCUT2D eigenvalue weighted by Crippen LogP contribution is -2.33. The van der Waals surface area contributed by atoms with Gasteiger partial charge in [0.1, 0.15) is 11.4 Å². The van der Waals surface area contributed by atoms with Crippen LogP contribution >= 0.6 is 0 Å². The Bertz CT molecular complexity index is 556. The van der Waals surface area contributed by atoms with Crippen LogP contribution in [0.25, 0.3) is 0 Å². The fraction of sp³-hybridized carbons (Fsp3) is 0.533. The molecule has 104 valence electrons. The maximum absolute atomic E-state index is 11.7. The minimum Gasteiger partial charge on any atom is -0.497 e. The summed E-state index contributed by atoms with van der Waals surface area (Å²) < 4.78 is 31.3. The van der Waals surface area contributed by atoms with Gasteiger partial charge in [-0.25, -0.2) is 0 Å². The number of esters is 1. The summed E-state index contributed by atoms with van der Waals surface area (Å²) in [5.41, 5.74) is 0.109. The van der Waals surface area contributed by atoms with E-state index in [9.17, 15) is 9.90 Å². The normalized spacial score (nSPS) is 24.6. The van der Waals surface area contributed by atoms with Crippen LogP contribution in [0.4, 0.5) is 0 Å². The Balaban J connectivity index is 2.31. The van der Waals surface area contributed by atoms with E-state index >= 15 is 0 Å². The van der Waals surface area contributed by atoms with Gasteiger partial charge in [0.25, 0.3) is 0 Å². The van der Waals surface area contributed by atoms with Gasteiger partial charge in [0.15, 0.2) is 0 Å². The third-order valence-corrected chi connectivity index (χ3v) is 3.48. The zero-order chi connectivity index (χ0) is 16.4. The first kappa shape index (κ1) is 10.3. The second kappa shape index (κ2) is 5.61. The Labute approximate surface area is 117 Å². The molecule has 0 heterocycles. The number of hydrogen-bond acceptors (Lipinski definition) is 4. The van der Waals surface area contributed by atoms with E-state index in [0.717, 1.165) is 18.4 Å². The molecular formula is C15H20O4. The van der Waals surface area contributed by atoms with Gasteiger partial charge in [-0.1, -0.05) is 6.07 Å². The van der Waals surface area contributed by atoms with Gasteiger partial charge in [0.05, 0.1) is 24.2 Å². The smallest absolute Gasteiger partial charge is 0.309 e. The Kier molecular flexibility index (Phi) is 3.03. The van der Waals surface area contributed by atoms with E-state index in [1.807, 2.05) is 0 Å². The molecule has 1 aromatic carbocycles. The minimum atomic E-state index is -2.55. The zero-order valence-corrected chi connectivity index (χ0v) is 10.9. The van der Waals surface area contributed by atoms with Gasteiger partial charge in [0.2, 0.25) is 0 Å². The van der Waals surface area contributed by atoms with Gasteiger partial charge in [-0.15, -0.1) is 0 Å². The molecule has 1 N–H and O–H groups in total. The standard InChI is InChI=1S/C15H20O4/c1-3-19-14(16)10-15(17)8-4-5-11-6-7-12(18-2)9-13(11)15/h6-7,9,17H,3-5,8,10H2,1-2H3/i2D3. The average Bonchev–Trinajstić information content (AvgIpc) is 2.38. The minimum absolute atomic E-state index is 0.148. The number of fused-ring (bicyclic) bond motifs is 1. The van der Waals surface area contributed by atoms with Crippen LogP contribution in [0.2, 0.25) is 0 Å². The number of ether oxygens (including phenoxy) is 2. The predicted octanol–water partition coefficient (Wildman–Crippen LogP) is 2.17. The van der Waals surface area contributed by atoms with Crippen LogP contribution in [0.5, 0.6) is 5.75 Å². The van der Waals surface area contributed by atoms with Crippen molar-refractivity contribution in [1.82, 2.24) is 0 Å². The van der Waals surface area contributed by atoms with E-state index in [1.54, 1.807) is 19.1 Å². The van der Waals surface area contributed by atoms with Gasteiger partial charge < -0.3 is 14.6 Å². The van der Waals surface area contributed by atoms with Gasteiger partial charge in [-0.3, -0.25) is 4.79 Å². The van der Waals surface area contributed by atoms with Crippen LogP contribution in [0.1, 0.15) is 41.4 Å². The Morgan fingerprint density at radius 3 is 3.16 bits per heavy atom. The van der Waals surface area contributed by atoms with Crippen LogP contribution in [0.3, 0.4) is 0 Å². The molecule has 0 radical (unpaired) electrons. The first-order chi connectivity index (χ1) is 10.2. The van der Waals surface area contributed by atoms with Gasteiger partial charge in [-0.2, -0.15) is 0 Å². The molecule has 1 unspecified atom stereocenters. The summed E-state index contributed by atoms with van der Waals surface area (Å²) in [6.07, 6.45) is 1.80. The summed E-state index contributed by atoms with van der Waals surface area (Å²) in [6, 6.07) is 4.83. The highest BCUT2D eigenvalue weighted by atomic mass is 16.5. The van der Waals surface area contributed by atoms with Crippen LogP contribution < -0.4 is 4.74 Å². The molecule has 0 aliphatic heterocycles. The average molecular weight is 267 g/mol. The number of methoxy groups -OCH3 is 1. The molecule has 0 bridgehead atoms. The van der Waals surface area contributed by atoms with Crippen molar-refractivity contribution < 1.29 is 23.5 Å². The highest BCUT2D eigenvalue weighted by molar-refractivity contribution is 5.71. The summed E-state index contributed by atoms with van der Waals surface area (Å²) in [4.78, 5) is 11.7. The molecule has 2 rings (SSSR count). The van der Waals surface area contributed by atoms with Crippen molar-refractivity contribution in [2.45, 2.75) is 38.2 Å². The molecule has 0 saturated heterocycles. The van der Waals surface area contributed by atoms with Gasteiger partial charge >= 0.3 is 5.97 Å². The lowest BCUT2D eigenvalue weighted by atomic mass is 9.77. The molecule has 1 aromatic rings. The SMILES string of the molecule is [2H]C([2H])([2H])Oc1ccc2c(c1)C(O)(CC(=O)OCC)CCC2. The number of benzene rings is 1. The van der Waals surface area contributed by atoms with Crippen LogP contribution in [-0.2, 0) is 21.6 Å². The summed E-state index contributed by atoms with van der Waals surface area (Å²) in [7, 11) is -2.55. The topological polar surface area (TPSA) is 55.8 Å². The molecular weight excluding hydrogens is 244 g/mol. The maximum Gasteiger partial charge on any atom is 0.309 e. The maximum atomic E-state index is 11.7. The molecule has 1 aliphatic rings. The van der Waals surface area contributed by atoms with Crippen molar-refractivity contribution >= 4 is 5.97 Å². The molecule has 0 aromatic heterocycles. The fourth-order valence-corrected chi connectivity index (χ4v) is 2.61. The van der Waals surface area contributed by atoms with Gasteiger partial charge in [-0.05, 0) is 49.4 Å². The number of aliphatic hydroxyl groups is 1. The third-order valence-electron chi connectivity index (χ3n) is 3.48. The highest BCUT2D eigenvalue weighted by Crippen LogP contribution is 2.39. The Hall–Kier alpha value is -1.55. The second-order valence-corrected chi connectivity index (χ2v) is 4.79.